The van der Waals surface area contributed by atoms with Crippen LogP contribution in [-0.4, -0.2) is 62.2 Å². The molecule has 0 aliphatic carbocycles. The molecule has 194 valence electrons. The Morgan fingerprint density at radius 2 is 1.32 bits per heavy atom. The lowest BCUT2D eigenvalue weighted by atomic mass is 10.0. The summed E-state index contributed by atoms with van der Waals surface area (Å²) in [6.07, 6.45) is 0. The number of pyridine rings is 3. The van der Waals surface area contributed by atoms with Gasteiger partial charge in [0, 0.05) is 13.1 Å². The lowest BCUT2D eigenvalue weighted by Crippen LogP contribution is -2.34. The highest BCUT2D eigenvalue weighted by molar-refractivity contribution is 5.75. The fourth-order valence-electron chi connectivity index (χ4n) is 3.97. The van der Waals surface area contributed by atoms with Crippen LogP contribution in [0.1, 0.15) is 11.4 Å². The van der Waals surface area contributed by atoms with Crippen LogP contribution in [0.4, 0.5) is 0 Å². The molecule has 4 rings (SSSR count). The topological polar surface area (TPSA) is 152 Å². The van der Waals surface area contributed by atoms with E-state index in [4.69, 9.17) is 25.7 Å². The maximum Gasteiger partial charge on any atom is 0.317 e. The van der Waals surface area contributed by atoms with Crippen LogP contribution in [0, 0.1) is 0 Å². The van der Waals surface area contributed by atoms with E-state index in [1.807, 2.05) is 54.6 Å². The molecule has 0 aliphatic heterocycles. The fraction of sp³-hybridized carbons (Fsp3) is 0.179. The van der Waals surface area contributed by atoms with Crippen LogP contribution in [0.3, 0.4) is 0 Å². The number of carbonyl (C=O) groups is 2. The number of nitrogens with two attached hydrogens (primary N) is 1. The molecular formula is C28H27N5O5. The molecule has 0 spiro atoms. The number of methoxy groups -OCH3 is 1. The molecule has 4 N–H and O–H groups in total. The predicted octanol–water partition coefficient (Wildman–Crippen LogP) is 3.31. The molecular weight excluding hydrogens is 486 g/mol. The molecule has 4 aromatic rings. The van der Waals surface area contributed by atoms with E-state index in [1.165, 1.54) is 4.90 Å². The van der Waals surface area contributed by atoms with E-state index in [0.29, 0.717) is 35.0 Å². The number of carboxylic acid groups (broad SMARTS) is 2. The van der Waals surface area contributed by atoms with Gasteiger partial charge in [-0.1, -0.05) is 24.3 Å². The molecule has 0 atom stereocenters. The summed E-state index contributed by atoms with van der Waals surface area (Å²) in [5.41, 5.74) is 11.3. The molecule has 0 fully saturated rings. The van der Waals surface area contributed by atoms with Gasteiger partial charge in [0.05, 0.1) is 54.4 Å². The highest BCUT2D eigenvalue weighted by Gasteiger charge is 2.16. The van der Waals surface area contributed by atoms with Crippen molar-refractivity contribution in [3.8, 4) is 39.7 Å². The highest BCUT2D eigenvalue weighted by Crippen LogP contribution is 2.30. The van der Waals surface area contributed by atoms with Crippen molar-refractivity contribution in [2.75, 3.05) is 20.2 Å². The third kappa shape index (κ3) is 6.75. The van der Waals surface area contributed by atoms with Crippen molar-refractivity contribution in [1.82, 2.24) is 19.9 Å². The molecule has 0 bridgehead atoms. The first-order valence-electron chi connectivity index (χ1n) is 11.8. The first-order valence-corrected chi connectivity index (χ1v) is 11.8. The second-order valence-electron chi connectivity index (χ2n) is 8.52. The van der Waals surface area contributed by atoms with Gasteiger partial charge in [-0.05, 0) is 59.7 Å². The summed E-state index contributed by atoms with van der Waals surface area (Å²) in [5.74, 6) is -1.50. The Balaban J connectivity index is 1.77. The molecule has 0 amide bonds. The van der Waals surface area contributed by atoms with E-state index in [2.05, 4.69) is 9.97 Å². The van der Waals surface area contributed by atoms with Crippen molar-refractivity contribution in [2.45, 2.75) is 13.1 Å². The van der Waals surface area contributed by atoms with Crippen molar-refractivity contribution in [3.05, 3.63) is 84.2 Å². The fourth-order valence-corrected chi connectivity index (χ4v) is 3.97. The molecule has 0 unspecified atom stereocenters. The summed E-state index contributed by atoms with van der Waals surface area (Å²) in [4.78, 5) is 37.9. The quantitative estimate of drug-likeness (QED) is 0.272. The Morgan fingerprint density at radius 3 is 1.84 bits per heavy atom. The standard InChI is InChI=1S/C28H27N5O5/c1-38-22-10-8-18(9-11-22)19-12-25(23-6-2-4-20(14-29)30-23)32-26(13-19)24-7-3-5-21(31-24)15-33(16-27(34)35)17-28(36)37/h2-13H,14-17,29H2,1H3,(H,34,35)(H,36,37). The van der Waals surface area contributed by atoms with E-state index in [0.717, 1.165) is 22.6 Å². The van der Waals surface area contributed by atoms with Crippen molar-refractivity contribution in [2.24, 2.45) is 5.73 Å². The maximum atomic E-state index is 11.2. The molecule has 1 aromatic carbocycles. The zero-order chi connectivity index (χ0) is 27.1. The van der Waals surface area contributed by atoms with Crippen LogP contribution in [0.15, 0.2) is 72.8 Å². The van der Waals surface area contributed by atoms with E-state index in [1.54, 1.807) is 25.3 Å². The van der Waals surface area contributed by atoms with Crippen molar-refractivity contribution in [1.29, 1.82) is 0 Å². The lowest BCUT2D eigenvalue weighted by molar-refractivity contribution is -0.142. The Labute approximate surface area is 219 Å². The molecule has 10 heteroatoms. The maximum absolute atomic E-state index is 11.2. The van der Waals surface area contributed by atoms with Crippen LogP contribution >= 0.6 is 0 Å². The van der Waals surface area contributed by atoms with E-state index >= 15 is 0 Å². The Hall–Kier alpha value is -4.67. The third-order valence-corrected chi connectivity index (χ3v) is 5.70. The lowest BCUT2D eigenvalue weighted by Gasteiger charge is -2.17. The summed E-state index contributed by atoms with van der Waals surface area (Å²) >= 11 is 0. The average molecular weight is 514 g/mol. The van der Waals surface area contributed by atoms with Gasteiger partial charge >= 0.3 is 11.9 Å². The molecule has 0 saturated heterocycles. The van der Waals surface area contributed by atoms with Gasteiger partial charge in [-0.25, -0.2) is 15.0 Å². The number of rotatable bonds is 11. The number of nitrogens with zero attached hydrogens (tertiary/aromatic N) is 4. The van der Waals surface area contributed by atoms with Gasteiger partial charge in [0.2, 0.25) is 0 Å². The number of ether oxygens (including phenoxy) is 1. The minimum Gasteiger partial charge on any atom is -0.497 e. The summed E-state index contributed by atoms with van der Waals surface area (Å²) in [6, 6.07) is 22.4. The van der Waals surface area contributed by atoms with Crippen LogP contribution in [0.2, 0.25) is 0 Å². The van der Waals surface area contributed by atoms with Crippen LogP contribution in [0.25, 0.3) is 33.9 Å². The minimum atomic E-state index is -1.12. The monoisotopic (exact) mass is 513 g/mol. The highest BCUT2D eigenvalue weighted by atomic mass is 16.5. The minimum absolute atomic E-state index is 0.0531. The summed E-state index contributed by atoms with van der Waals surface area (Å²) in [6.45, 7) is -0.489. The van der Waals surface area contributed by atoms with Gasteiger partial charge in [-0.2, -0.15) is 0 Å². The summed E-state index contributed by atoms with van der Waals surface area (Å²) < 4.78 is 5.29. The largest absolute Gasteiger partial charge is 0.497 e. The summed E-state index contributed by atoms with van der Waals surface area (Å²) in [5, 5.41) is 18.3. The van der Waals surface area contributed by atoms with Gasteiger partial charge in [0.1, 0.15) is 5.75 Å². The van der Waals surface area contributed by atoms with Crippen molar-refractivity contribution < 1.29 is 24.5 Å². The number of benzene rings is 1. The van der Waals surface area contributed by atoms with Gasteiger partial charge in [0.15, 0.2) is 0 Å². The van der Waals surface area contributed by atoms with Crippen LogP contribution in [0.5, 0.6) is 5.75 Å². The molecule has 0 radical (unpaired) electrons. The predicted molar refractivity (Wildman–Crippen MR) is 141 cm³/mol. The molecule has 0 aliphatic rings. The van der Waals surface area contributed by atoms with Crippen LogP contribution < -0.4 is 10.5 Å². The Morgan fingerprint density at radius 1 is 0.763 bits per heavy atom. The number of aliphatic carboxylic acids is 2. The van der Waals surface area contributed by atoms with E-state index in [9.17, 15) is 9.59 Å². The SMILES string of the molecule is COc1ccc(-c2cc(-c3cccc(CN)n3)nc(-c3cccc(CN(CC(=O)O)CC(=O)O)n3)c2)cc1. The van der Waals surface area contributed by atoms with E-state index in [-0.39, 0.29) is 6.54 Å². The van der Waals surface area contributed by atoms with Crippen LogP contribution in [-0.2, 0) is 22.7 Å². The normalized spacial score (nSPS) is 10.9. The molecule has 38 heavy (non-hydrogen) atoms. The average Bonchev–Trinajstić information content (AvgIpc) is 2.92. The van der Waals surface area contributed by atoms with Gasteiger partial charge in [-0.3, -0.25) is 14.5 Å². The molecule has 10 nitrogen and oxygen atoms in total. The molecule has 3 heterocycles. The number of hydrogen-bond donors (Lipinski definition) is 3. The first-order chi connectivity index (χ1) is 18.3. The number of hydrogen-bond acceptors (Lipinski definition) is 8. The smallest absolute Gasteiger partial charge is 0.317 e. The zero-order valence-electron chi connectivity index (χ0n) is 20.7. The number of aromatic nitrogens is 3. The van der Waals surface area contributed by atoms with Crippen molar-refractivity contribution >= 4 is 11.9 Å². The van der Waals surface area contributed by atoms with Gasteiger partial charge in [-0.15, -0.1) is 0 Å². The van der Waals surface area contributed by atoms with E-state index < -0.39 is 25.0 Å². The first kappa shape index (κ1) is 26.4. The second kappa shape index (κ2) is 12.0. The third-order valence-electron chi connectivity index (χ3n) is 5.70. The van der Waals surface area contributed by atoms with Crippen molar-refractivity contribution in [3.63, 3.8) is 0 Å². The van der Waals surface area contributed by atoms with Gasteiger partial charge in [0.25, 0.3) is 0 Å². The number of carboxylic acids is 2. The Kier molecular flexibility index (Phi) is 8.37. The summed E-state index contributed by atoms with van der Waals surface area (Å²) in [7, 11) is 1.61. The zero-order valence-corrected chi connectivity index (χ0v) is 20.7. The second-order valence-corrected chi connectivity index (χ2v) is 8.52. The Bertz CT molecular complexity index is 1430. The molecule has 0 saturated carbocycles. The van der Waals surface area contributed by atoms with Gasteiger partial charge < -0.3 is 20.7 Å². The molecule has 3 aromatic heterocycles.